The van der Waals surface area contributed by atoms with E-state index in [1.807, 2.05) is 0 Å². The van der Waals surface area contributed by atoms with E-state index in [0.29, 0.717) is 13.0 Å². The van der Waals surface area contributed by atoms with Crippen LogP contribution in [0.1, 0.15) is 29.5 Å². The molecule has 0 spiro atoms. The molecule has 0 aliphatic carbocycles. The lowest BCUT2D eigenvalue weighted by atomic mass is 10.1. The highest BCUT2D eigenvalue weighted by Crippen LogP contribution is 2.21. The van der Waals surface area contributed by atoms with Crippen LogP contribution in [-0.4, -0.2) is 17.0 Å². The van der Waals surface area contributed by atoms with E-state index in [-0.39, 0.29) is 5.91 Å². The van der Waals surface area contributed by atoms with E-state index in [0.717, 1.165) is 19.3 Å². The number of carbonyl (C=O) groups excluding carboxylic acids is 1. The van der Waals surface area contributed by atoms with E-state index in [1.54, 1.807) is 0 Å². The molecule has 1 N–H and O–H groups in total. The predicted octanol–water partition coefficient (Wildman–Crippen LogP) is 4.17. The lowest BCUT2D eigenvalue weighted by Crippen LogP contribution is -2.25. The van der Waals surface area contributed by atoms with Crippen LogP contribution in [0.25, 0.3) is 10.9 Å². The number of amides is 1. The first-order valence-electron chi connectivity index (χ1n) is 8.98. The van der Waals surface area contributed by atoms with Crippen molar-refractivity contribution in [2.75, 3.05) is 6.54 Å². The minimum Gasteiger partial charge on any atom is -0.356 e. The van der Waals surface area contributed by atoms with Crippen molar-refractivity contribution in [1.29, 1.82) is 0 Å². The Balaban J connectivity index is 1.42. The smallest absolute Gasteiger partial charge is 0.220 e. The molecule has 1 heterocycles. The average Bonchev–Trinajstić information content (AvgIpc) is 2.93. The summed E-state index contributed by atoms with van der Waals surface area (Å²) in [4.78, 5) is 12.0. The summed E-state index contributed by atoms with van der Waals surface area (Å²) in [5.74, 6) is 0.146. The molecule has 1 aromatic heterocycles. The second-order valence-corrected chi connectivity index (χ2v) is 6.72. The van der Waals surface area contributed by atoms with Gasteiger partial charge in [0.25, 0.3) is 0 Å². The van der Waals surface area contributed by atoms with Gasteiger partial charge in [0.05, 0.1) is 0 Å². The lowest BCUT2D eigenvalue weighted by molar-refractivity contribution is -0.121. The molecule has 0 aliphatic rings. The van der Waals surface area contributed by atoms with E-state index in [9.17, 15) is 4.79 Å². The normalized spacial score (nSPS) is 11.0. The number of carbonyl (C=O) groups is 1. The Kier molecular flexibility index (Phi) is 5.54. The Bertz CT molecular complexity index is 846. The highest BCUT2D eigenvalue weighted by atomic mass is 16.1. The van der Waals surface area contributed by atoms with Crippen molar-refractivity contribution in [2.45, 2.75) is 32.6 Å². The molecule has 0 unspecified atom stereocenters. The molecule has 3 heteroatoms. The Morgan fingerprint density at radius 1 is 1.04 bits per heavy atom. The minimum atomic E-state index is 0.146. The van der Waals surface area contributed by atoms with E-state index >= 15 is 0 Å². The minimum absolute atomic E-state index is 0.146. The molecular formula is C22H26N2O. The summed E-state index contributed by atoms with van der Waals surface area (Å²) in [5, 5.41) is 4.33. The first-order chi connectivity index (χ1) is 12.1. The van der Waals surface area contributed by atoms with Gasteiger partial charge in [-0.05, 0) is 43.4 Å². The largest absolute Gasteiger partial charge is 0.356 e. The van der Waals surface area contributed by atoms with Crippen LogP contribution >= 0.6 is 0 Å². The standard InChI is InChI=1S/C22H26N2O/c1-17-10-12-18(13-11-17)14-15-23-22(25)9-5-6-19-16-24(2)21-8-4-3-7-20(19)21/h3-4,7-8,10-13,16H,5-6,9,14-15H2,1-2H3,(H,23,25). The number of aryl methyl sites for hydroxylation is 3. The summed E-state index contributed by atoms with van der Waals surface area (Å²) >= 11 is 0. The van der Waals surface area contributed by atoms with Crippen molar-refractivity contribution < 1.29 is 4.79 Å². The van der Waals surface area contributed by atoms with Gasteiger partial charge in [0.2, 0.25) is 5.91 Å². The van der Waals surface area contributed by atoms with Gasteiger partial charge < -0.3 is 9.88 Å². The van der Waals surface area contributed by atoms with Gasteiger partial charge in [0, 0.05) is 37.1 Å². The van der Waals surface area contributed by atoms with Crippen LogP contribution in [0.15, 0.2) is 54.7 Å². The van der Waals surface area contributed by atoms with Crippen LogP contribution in [0.3, 0.4) is 0 Å². The van der Waals surface area contributed by atoms with Crippen LogP contribution in [0, 0.1) is 6.92 Å². The van der Waals surface area contributed by atoms with Gasteiger partial charge >= 0.3 is 0 Å². The quantitative estimate of drug-likeness (QED) is 0.691. The lowest BCUT2D eigenvalue weighted by Gasteiger charge is -2.06. The van der Waals surface area contributed by atoms with E-state index in [1.165, 1.54) is 27.6 Å². The molecule has 1 amide bonds. The number of benzene rings is 2. The molecule has 0 saturated heterocycles. The monoisotopic (exact) mass is 334 g/mol. The van der Waals surface area contributed by atoms with Gasteiger partial charge in [-0.15, -0.1) is 0 Å². The maximum Gasteiger partial charge on any atom is 0.220 e. The molecule has 0 fully saturated rings. The number of para-hydroxylation sites is 1. The van der Waals surface area contributed by atoms with Crippen molar-refractivity contribution in [3.05, 3.63) is 71.4 Å². The summed E-state index contributed by atoms with van der Waals surface area (Å²) in [6.07, 6.45) is 5.46. The first kappa shape index (κ1) is 17.3. The zero-order valence-electron chi connectivity index (χ0n) is 15.1. The summed E-state index contributed by atoms with van der Waals surface area (Å²) in [6, 6.07) is 16.9. The molecule has 0 saturated carbocycles. The number of fused-ring (bicyclic) bond motifs is 1. The molecule has 0 radical (unpaired) electrons. The second kappa shape index (κ2) is 8.02. The fraction of sp³-hybridized carbons (Fsp3) is 0.318. The van der Waals surface area contributed by atoms with Gasteiger partial charge in [-0.25, -0.2) is 0 Å². The fourth-order valence-electron chi connectivity index (χ4n) is 3.25. The highest BCUT2D eigenvalue weighted by molar-refractivity contribution is 5.84. The fourth-order valence-corrected chi connectivity index (χ4v) is 3.25. The summed E-state index contributed by atoms with van der Waals surface area (Å²) in [5.41, 5.74) is 5.11. The van der Waals surface area contributed by atoms with Gasteiger partial charge in [-0.3, -0.25) is 4.79 Å². The molecule has 0 atom stereocenters. The number of rotatable bonds is 7. The third-order valence-electron chi connectivity index (χ3n) is 4.69. The van der Waals surface area contributed by atoms with Crippen molar-refractivity contribution in [3.8, 4) is 0 Å². The molecule has 0 bridgehead atoms. The van der Waals surface area contributed by atoms with Gasteiger partial charge in [-0.1, -0.05) is 48.0 Å². The second-order valence-electron chi connectivity index (χ2n) is 6.72. The number of hydrogen-bond acceptors (Lipinski definition) is 1. The molecule has 3 rings (SSSR count). The Hall–Kier alpha value is -2.55. The molecule has 3 nitrogen and oxygen atoms in total. The van der Waals surface area contributed by atoms with Crippen molar-refractivity contribution >= 4 is 16.8 Å². The van der Waals surface area contributed by atoms with Crippen LogP contribution in [0.2, 0.25) is 0 Å². The Morgan fingerprint density at radius 3 is 2.60 bits per heavy atom. The number of nitrogens with one attached hydrogen (secondary N) is 1. The molecule has 3 aromatic rings. The predicted molar refractivity (Wildman–Crippen MR) is 104 cm³/mol. The Morgan fingerprint density at radius 2 is 1.80 bits per heavy atom. The summed E-state index contributed by atoms with van der Waals surface area (Å²) < 4.78 is 2.16. The van der Waals surface area contributed by atoms with Crippen molar-refractivity contribution in [2.24, 2.45) is 7.05 Å². The topological polar surface area (TPSA) is 34.0 Å². The van der Waals surface area contributed by atoms with Crippen LogP contribution < -0.4 is 5.32 Å². The third kappa shape index (κ3) is 4.50. The van der Waals surface area contributed by atoms with Gasteiger partial charge in [-0.2, -0.15) is 0 Å². The van der Waals surface area contributed by atoms with Gasteiger partial charge in [0.1, 0.15) is 0 Å². The van der Waals surface area contributed by atoms with Crippen molar-refractivity contribution in [3.63, 3.8) is 0 Å². The maximum atomic E-state index is 12.0. The van der Waals surface area contributed by atoms with Gasteiger partial charge in [0.15, 0.2) is 0 Å². The summed E-state index contributed by atoms with van der Waals surface area (Å²) in [6.45, 7) is 2.79. The molecule has 2 aromatic carbocycles. The first-order valence-corrected chi connectivity index (χ1v) is 8.98. The van der Waals surface area contributed by atoms with Crippen LogP contribution in [0.4, 0.5) is 0 Å². The number of aromatic nitrogens is 1. The van der Waals surface area contributed by atoms with Crippen LogP contribution in [0.5, 0.6) is 0 Å². The van der Waals surface area contributed by atoms with E-state index < -0.39 is 0 Å². The molecular weight excluding hydrogens is 308 g/mol. The van der Waals surface area contributed by atoms with E-state index in [4.69, 9.17) is 0 Å². The zero-order chi connectivity index (χ0) is 17.6. The molecule has 130 valence electrons. The highest BCUT2D eigenvalue weighted by Gasteiger charge is 2.07. The average molecular weight is 334 g/mol. The van der Waals surface area contributed by atoms with E-state index in [2.05, 4.69) is 78.6 Å². The summed E-state index contributed by atoms with van der Waals surface area (Å²) in [7, 11) is 2.07. The molecule has 0 aliphatic heterocycles. The Labute approximate surface area is 149 Å². The third-order valence-corrected chi connectivity index (χ3v) is 4.69. The maximum absolute atomic E-state index is 12.0. The van der Waals surface area contributed by atoms with Crippen molar-refractivity contribution in [1.82, 2.24) is 9.88 Å². The number of hydrogen-bond donors (Lipinski definition) is 1. The number of nitrogens with zero attached hydrogens (tertiary/aromatic N) is 1. The zero-order valence-corrected chi connectivity index (χ0v) is 15.1. The molecule has 25 heavy (non-hydrogen) atoms. The SMILES string of the molecule is Cc1ccc(CCNC(=O)CCCc2cn(C)c3ccccc23)cc1. The van der Waals surface area contributed by atoms with Crippen LogP contribution in [-0.2, 0) is 24.7 Å².